The van der Waals surface area contributed by atoms with E-state index in [1.165, 1.54) is 45.1 Å². The molecule has 0 amide bonds. The van der Waals surface area contributed by atoms with Crippen LogP contribution >= 0.6 is 0 Å². The molecule has 2 rings (SSSR count). The largest absolute Gasteiger partial charge is 0.314 e. The van der Waals surface area contributed by atoms with Gasteiger partial charge in [0, 0.05) is 25.2 Å². The smallest absolute Gasteiger partial charge is 0.0110 e. The van der Waals surface area contributed by atoms with Gasteiger partial charge in [-0.1, -0.05) is 26.7 Å². The summed E-state index contributed by atoms with van der Waals surface area (Å²) in [6.07, 6.45) is 8.40. The van der Waals surface area contributed by atoms with Gasteiger partial charge in [-0.3, -0.25) is 0 Å². The molecule has 1 saturated carbocycles. The average molecular weight is 281 g/mol. The van der Waals surface area contributed by atoms with Gasteiger partial charge in [-0.2, -0.15) is 0 Å². The van der Waals surface area contributed by atoms with Gasteiger partial charge in [-0.15, -0.1) is 0 Å². The Bertz CT molecular complexity index is 282. The minimum absolute atomic E-state index is 0.358. The summed E-state index contributed by atoms with van der Waals surface area (Å²) >= 11 is 0. The molecule has 0 radical (unpaired) electrons. The van der Waals surface area contributed by atoms with Crippen molar-refractivity contribution in [3.63, 3.8) is 0 Å². The number of hydrogen-bond acceptors (Lipinski definition) is 3. The minimum Gasteiger partial charge on any atom is -0.314 e. The molecule has 1 heterocycles. The minimum atomic E-state index is 0.358. The summed E-state index contributed by atoms with van der Waals surface area (Å²) < 4.78 is 0. The van der Waals surface area contributed by atoms with Gasteiger partial charge in [-0.25, -0.2) is 0 Å². The Morgan fingerprint density at radius 2 is 1.90 bits per heavy atom. The van der Waals surface area contributed by atoms with Gasteiger partial charge < -0.3 is 15.5 Å². The van der Waals surface area contributed by atoms with Gasteiger partial charge in [0.05, 0.1) is 0 Å². The zero-order valence-corrected chi connectivity index (χ0v) is 14.0. The molecule has 3 nitrogen and oxygen atoms in total. The summed E-state index contributed by atoms with van der Waals surface area (Å²) in [6.45, 7) is 8.28. The summed E-state index contributed by atoms with van der Waals surface area (Å²) in [5.74, 6) is 0.866. The van der Waals surface area contributed by atoms with E-state index < -0.39 is 0 Å². The van der Waals surface area contributed by atoms with Crippen LogP contribution in [0, 0.1) is 11.3 Å². The molecular weight excluding hydrogens is 246 g/mol. The third kappa shape index (κ3) is 4.71. The third-order valence-corrected chi connectivity index (χ3v) is 5.02. The summed E-state index contributed by atoms with van der Waals surface area (Å²) in [5.41, 5.74) is 0.358. The molecule has 0 spiro atoms. The lowest BCUT2D eigenvalue weighted by Gasteiger charge is -2.35. The fourth-order valence-corrected chi connectivity index (χ4v) is 4.29. The lowest BCUT2D eigenvalue weighted by Crippen LogP contribution is -2.49. The second kappa shape index (κ2) is 7.24. The van der Waals surface area contributed by atoms with E-state index in [1.807, 2.05) is 0 Å². The first-order valence-electron chi connectivity index (χ1n) is 8.59. The van der Waals surface area contributed by atoms with Gasteiger partial charge >= 0.3 is 0 Å². The topological polar surface area (TPSA) is 27.3 Å². The monoisotopic (exact) mass is 281 g/mol. The maximum absolute atomic E-state index is 3.91. The van der Waals surface area contributed by atoms with Gasteiger partial charge in [0.15, 0.2) is 0 Å². The van der Waals surface area contributed by atoms with Crippen LogP contribution in [0.1, 0.15) is 52.4 Å². The Hall–Kier alpha value is -0.120. The Morgan fingerprint density at radius 1 is 1.10 bits per heavy atom. The standard InChI is InChI=1S/C17H35N3/c1-17(2,13-20(3)4)12-19-16-10-7-8-14(16)15-9-5-6-11-18-15/h14-16,18-19H,5-13H2,1-4H3. The lowest BCUT2D eigenvalue weighted by atomic mass is 9.87. The average Bonchev–Trinajstić information content (AvgIpc) is 2.84. The second-order valence-electron chi connectivity index (χ2n) is 8.04. The molecule has 0 bridgehead atoms. The molecule has 1 aliphatic carbocycles. The van der Waals surface area contributed by atoms with E-state index in [1.54, 1.807) is 0 Å². The van der Waals surface area contributed by atoms with Crippen molar-refractivity contribution in [3.8, 4) is 0 Å². The molecule has 2 N–H and O–H groups in total. The van der Waals surface area contributed by atoms with Crippen LogP contribution < -0.4 is 10.6 Å². The molecule has 2 fully saturated rings. The highest BCUT2D eigenvalue weighted by Gasteiger charge is 2.34. The van der Waals surface area contributed by atoms with Crippen LogP contribution in [-0.2, 0) is 0 Å². The molecule has 0 aromatic heterocycles. The first-order valence-corrected chi connectivity index (χ1v) is 8.59. The van der Waals surface area contributed by atoms with E-state index in [2.05, 4.69) is 43.5 Å². The third-order valence-electron chi connectivity index (χ3n) is 5.02. The highest BCUT2D eigenvalue weighted by atomic mass is 15.1. The first kappa shape index (κ1) is 16.3. The predicted molar refractivity (Wildman–Crippen MR) is 87.1 cm³/mol. The fraction of sp³-hybridized carbons (Fsp3) is 1.00. The van der Waals surface area contributed by atoms with Crippen molar-refractivity contribution < 1.29 is 0 Å². The number of nitrogens with one attached hydrogen (secondary N) is 2. The highest BCUT2D eigenvalue weighted by molar-refractivity contribution is 4.93. The van der Waals surface area contributed by atoms with Crippen molar-refractivity contribution in [1.29, 1.82) is 0 Å². The quantitative estimate of drug-likeness (QED) is 0.783. The summed E-state index contributed by atoms with van der Waals surface area (Å²) in [6, 6.07) is 1.52. The maximum atomic E-state index is 3.91. The van der Waals surface area contributed by atoms with E-state index in [9.17, 15) is 0 Å². The second-order valence-corrected chi connectivity index (χ2v) is 8.04. The number of rotatable bonds is 6. The van der Waals surface area contributed by atoms with Crippen LogP contribution in [0.4, 0.5) is 0 Å². The Labute approximate surface area is 125 Å². The normalized spacial score (nSPS) is 31.9. The SMILES string of the molecule is CN(C)CC(C)(C)CNC1CCCC1C1CCCCN1. The van der Waals surface area contributed by atoms with E-state index >= 15 is 0 Å². The Balaban J connectivity index is 1.81. The Morgan fingerprint density at radius 3 is 2.55 bits per heavy atom. The molecule has 20 heavy (non-hydrogen) atoms. The first-order chi connectivity index (χ1) is 9.48. The molecule has 3 atom stereocenters. The van der Waals surface area contributed by atoms with Crippen molar-refractivity contribution in [2.75, 3.05) is 33.7 Å². The summed E-state index contributed by atoms with van der Waals surface area (Å²) in [4.78, 5) is 2.30. The summed E-state index contributed by atoms with van der Waals surface area (Å²) in [7, 11) is 4.35. The molecule has 3 unspecified atom stereocenters. The van der Waals surface area contributed by atoms with Crippen LogP contribution in [-0.4, -0.2) is 50.7 Å². The van der Waals surface area contributed by atoms with Gasteiger partial charge in [0.2, 0.25) is 0 Å². The van der Waals surface area contributed by atoms with Crippen LogP contribution in [0.15, 0.2) is 0 Å². The van der Waals surface area contributed by atoms with Gasteiger partial charge in [0.25, 0.3) is 0 Å². The number of nitrogens with zero attached hydrogens (tertiary/aromatic N) is 1. The molecular formula is C17H35N3. The van der Waals surface area contributed by atoms with Crippen molar-refractivity contribution in [2.45, 2.75) is 64.5 Å². The van der Waals surface area contributed by atoms with Crippen LogP contribution in [0.3, 0.4) is 0 Å². The van der Waals surface area contributed by atoms with Gasteiger partial charge in [-0.05, 0) is 57.7 Å². The van der Waals surface area contributed by atoms with E-state index in [0.717, 1.165) is 31.1 Å². The van der Waals surface area contributed by atoms with Crippen molar-refractivity contribution in [1.82, 2.24) is 15.5 Å². The van der Waals surface area contributed by atoms with Crippen LogP contribution in [0.5, 0.6) is 0 Å². The van der Waals surface area contributed by atoms with Crippen molar-refractivity contribution in [2.24, 2.45) is 11.3 Å². The molecule has 1 aliphatic heterocycles. The van der Waals surface area contributed by atoms with E-state index in [0.29, 0.717) is 5.41 Å². The molecule has 0 aromatic rings. The molecule has 2 aliphatic rings. The van der Waals surface area contributed by atoms with Crippen LogP contribution in [0.2, 0.25) is 0 Å². The predicted octanol–water partition coefficient (Wildman–Crippen LogP) is 2.47. The van der Waals surface area contributed by atoms with Crippen molar-refractivity contribution in [3.05, 3.63) is 0 Å². The molecule has 3 heteroatoms. The highest BCUT2D eigenvalue weighted by Crippen LogP contribution is 2.32. The zero-order valence-electron chi connectivity index (χ0n) is 14.0. The number of hydrogen-bond donors (Lipinski definition) is 2. The molecule has 0 aromatic carbocycles. The van der Waals surface area contributed by atoms with Gasteiger partial charge in [0.1, 0.15) is 0 Å². The van der Waals surface area contributed by atoms with E-state index in [4.69, 9.17) is 0 Å². The number of piperidine rings is 1. The van der Waals surface area contributed by atoms with E-state index in [-0.39, 0.29) is 0 Å². The maximum Gasteiger partial charge on any atom is 0.0110 e. The zero-order chi connectivity index (χ0) is 14.6. The van der Waals surface area contributed by atoms with Crippen LogP contribution in [0.25, 0.3) is 0 Å². The molecule has 118 valence electrons. The summed E-state index contributed by atoms with van der Waals surface area (Å²) in [5, 5.41) is 7.68. The molecule has 1 saturated heterocycles. The lowest BCUT2D eigenvalue weighted by molar-refractivity contribution is 0.202. The Kier molecular flexibility index (Phi) is 5.88. The fourth-order valence-electron chi connectivity index (χ4n) is 4.29. The van der Waals surface area contributed by atoms with Crippen molar-refractivity contribution >= 4 is 0 Å².